The Labute approximate surface area is 87.5 Å². The third kappa shape index (κ3) is 2.70. The van der Waals surface area contributed by atoms with Crippen LogP contribution in [0.15, 0.2) is 18.5 Å². The Balaban J connectivity index is 3.02. The van der Waals surface area contributed by atoms with Crippen LogP contribution in [-0.2, 0) is 9.53 Å². The summed E-state index contributed by atoms with van der Waals surface area (Å²) < 4.78 is 9.51. The van der Waals surface area contributed by atoms with Crippen molar-refractivity contribution in [2.75, 3.05) is 20.0 Å². The molecule has 0 atom stereocenters. The van der Waals surface area contributed by atoms with Gasteiger partial charge in [-0.1, -0.05) is 0 Å². The Morgan fingerprint density at radius 3 is 2.80 bits per heavy atom. The van der Waals surface area contributed by atoms with Gasteiger partial charge in [0.1, 0.15) is 5.75 Å². The molecule has 2 N–H and O–H groups in total. The van der Waals surface area contributed by atoms with Crippen LogP contribution in [0.1, 0.15) is 5.56 Å². The van der Waals surface area contributed by atoms with Gasteiger partial charge in [-0.25, -0.2) is 4.79 Å². The fourth-order valence-corrected chi connectivity index (χ4v) is 1.03. The zero-order valence-corrected chi connectivity index (χ0v) is 8.56. The van der Waals surface area contributed by atoms with Gasteiger partial charge in [-0.3, -0.25) is 4.98 Å². The van der Waals surface area contributed by atoms with E-state index in [4.69, 9.17) is 10.5 Å². The van der Waals surface area contributed by atoms with Gasteiger partial charge in [0.15, 0.2) is 0 Å². The van der Waals surface area contributed by atoms with Gasteiger partial charge in [0.2, 0.25) is 0 Å². The van der Waals surface area contributed by atoms with E-state index in [0.717, 1.165) is 0 Å². The van der Waals surface area contributed by atoms with Crippen molar-refractivity contribution in [3.8, 4) is 5.75 Å². The summed E-state index contributed by atoms with van der Waals surface area (Å²) >= 11 is 0. The van der Waals surface area contributed by atoms with Crippen molar-refractivity contribution in [1.29, 1.82) is 0 Å². The summed E-state index contributed by atoms with van der Waals surface area (Å²) in [5, 5.41) is 0. The van der Waals surface area contributed by atoms with Crippen molar-refractivity contribution in [2.24, 2.45) is 0 Å². The van der Waals surface area contributed by atoms with Crippen molar-refractivity contribution >= 4 is 17.7 Å². The Kier molecular flexibility index (Phi) is 3.68. The summed E-state index contributed by atoms with van der Waals surface area (Å²) in [4.78, 5) is 14.8. The number of pyridine rings is 1. The molecular weight excluding hydrogens is 196 g/mol. The first-order chi connectivity index (χ1) is 7.19. The highest BCUT2D eigenvalue weighted by Crippen LogP contribution is 2.23. The third-order valence-corrected chi connectivity index (χ3v) is 1.79. The van der Waals surface area contributed by atoms with E-state index >= 15 is 0 Å². The number of ether oxygens (including phenoxy) is 2. The van der Waals surface area contributed by atoms with Crippen LogP contribution >= 0.6 is 0 Å². The zero-order chi connectivity index (χ0) is 11.3. The highest BCUT2D eigenvalue weighted by atomic mass is 16.5. The predicted octanol–water partition coefficient (Wildman–Crippen LogP) is 0.859. The molecule has 0 bridgehead atoms. The van der Waals surface area contributed by atoms with Crippen LogP contribution < -0.4 is 10.5 Å². The van der Waals surface area contributed by atoms with Crippen LogP contribution in [0.5, 0.6) is 5.75 Å². The first kappa shape index (κ1) is 11.0. The second-order valence-electron chi connectivity index (χ2n) is 2.70. The minimum atomic E-state index is -0.451. The lowest BCUT2D eigenvalue weighted by Gasteiger charge is -2.05. The predicted molar refractivity (Wildman–Crippen MR) is 56.3 cm³/mol. The van der Waals surface area contributed by atoms with Crippen molar-refractivity contribution in [1.82, 2.24) is 4.98 Å². The molecule has 0 aliphatic carbocycles. The third-order valence-electron chi connectivity index (χ3n) is 1.79. The van der Waals surface area contributed by atoms with Crippen LogP contribution in [0, 0.1) is 0 Å². The summed E-state index contributed by atoms with van der Waals surface area (Å²) in [5.41, 5.74) is 6.73. The molecule has 0 fully saturated rings. The minimum absolute atomic E-state index is 0.439. The van der Waals surface area contributed by atoms with E-state index in [0.29, 0.717) is 17.0 Å². The van der Waals surface area contributed by atoms with Crippen LogP contribution in [0.4, 0.5) is 5.69 Å². The number of esters is 1. The lowest BCUT2D eigenvalue weighted by atomic mass is 10.2. The first-order valence-corrected chi connectivity index (χ1v) is 4.22. The van der Waals surface area contributed by atoms with Crippen LogP contribution in [0.2, 0.25) is 0 Å². The number of hydrogen-bond donors (Lipinski definition) is 1. The van der Waals surface area contributed by atoms with Gasteiger partial charge in [-0.05, 0) is 6.08 Å². The minimum Gasteiger partial charge on any atom is -0.494 e. The molecule has 0 aliphatic heterocycles. The molecule has 1 aromatic rings. The molecule has 0 saturated heterocycles. The van der Waals surface area contributed by atoms with E-state index in [-0.39, 0.29) is 0 Å². The maximum Gasteiger partial charge on any atom is 0.330 e. The molecule has 0 unspecified atom stereocenters. The second kappa shape index (κ2) is 4.99. The largest absolute Gasteiger partial charge is 0.494 e. The number of nitrogens with zero attached hydrogens (tertiary/aromatic N) is 1. The van der Waals surface area contributed by atoms with Crippen molar-refractivity contribution in [3.05, 3.63) is 24.0 Å². The summed E-state index contributed by atoms with van der Waals surface area (Å²) in [7, 11) is 2.81. The molecule has 0 aliphatic rings. The molecule has 0 saturated carbocycles. The molecule has 5 nitrogen and oxygen atoms in total. The molecule has 5 heteroatoms. The number of anilines is 1. The van der Waals surface area contributed by atoms with Gasteiger partial charge in [-0.15, -0.1) is 0 Å². The lowest BCUT2D eigenvalue weighted by Crippen LogP contribution is -1.97. The Morgan fingerprint density at radius 2 is 2.20 bits per heavy atom. The van der Waals surface area contributed by atoms with E-state index in [1.807, 2.05) is 0 Å². The molecule has 0 radical (unpaired) electrons. The van der Waals surface area contributed by atoms with E-state index < -0.39 is 5.97 Å². The number of hydrogen-bond acceptors (Lipinski definition) is 5. The maximum absolute atomic E-state index is 10.9. The molecule has 15 heavy (non-hydrogen) atoms. The van der Waals surface area contributed by atoms with E-state index in [9.17, 15) is 4.79 Å². The fraction of sp³-hybridized carbons (Fsp3) is 0.200. The quantitative estimate of drug-likeness (QED) is 0.589. The maximum atomic E-state index is 10.9. The average Bonchev–Trinajstić information content (AvgIpc) is 2.26. The Bertz CT molecular complexity index is 388. The number of aromatic nitrogens is 1. The van der Waals surface area contributed by atoms with Gasteiger partial charge in [0.05, 0.1) is 32.3 Å². The smallest absolute Gasteiger partial charge is 0.330 e. The summed E-state index contributed by atoms with van der Waals surface area (Å²) in [6, 6.07) is 0. The summed E-state index contributed by atoms with van der Waals surface area (Å²) in [6.07, 6.45) is 5.81. The molecule has 1 heterocycles. The topological polar surface area (TPSA) is 74.4 Å². The number of carbonyl (C=O) groups excluding carboxylic acids is 1. The van der Waals surface area contributed by atoms with E-state index in [2.05, 4.69) is 9.72 Å². The van der Waals surface area contributed by atoms with Crippen molar-refractivity contribution in [3.63, 3.8) is 0 Å². The summed E-state index contributed by atoms with van der Waals surface area (Å²) in [6.45, 7) is 0. The lowest BCUT2D eigenvalue weighted by molar-refractivity contribution is -0.134. The number of nitrogens with two attached hydrogens (primary N) is 1. The first-order valence-electron chi connectivity index (χ1n) is 4.22. The molecule has 0 aromatic carbocycles. The zero-order valence-electron chi connectivity index (χ0n) is 8.56. The standard InChI is InChI=1S/C10H12N2O3/c1-14-9-6-12-5-8(11)7(9)3-4-10(13)15-2/h3-6H,11H2,1-2H3. The number of methoxy groups -OCH3 is 2. The van der Waals surface area contributed by atoms with Gasteiger partial charge in [-0.2, -0.15) is 0 Å². The fourth-order valence-electron chi connectivity index (χ4n) is 1.03. The molecule has 0 amide bonds. The SMILES string of the molecule is COC(=O)C=Cc1c(N)cncc1OC. The molecular formula is C10H12N2O3. The Hall–Kier alpha value is -2.04. The van der Waals surface area contributed by atoms with E-state index in [1.165, 1.54) is 38.8 Å². The van der Waals surface area contributed by atoms with Gasteiger partial charge in [0.25, 0.3) is 0 Å². The Morgan fingerprint density at radius 1 is 1.47 bits per heavy atom. The highest BCUT2D eigenvalue weighted by Gasteiger charge is 2.04. The molecule has 80 valence electrons. The van der Waals surface area contributed by atoms with Crippen LogP contribution in [0.3, 0.4) is 0 Å². The van der Waals surface area contributed by atoms with E-state index in [1.54, 1.807) is 0 Å². The molecule has 1 aromatic heterocycles. The van der Waals surface area contributed by atoms with Crippen molar-refractivity contribution in [2.45, 2.75) is 0 Å². The second-order valence-corrected chi connectivity index (χ2v) is 2.70. The normalized spacial score (nSPS) is 10.3. The van der Waals surface area contributed by atoms with Crippen molar-refractivity contribution < 1.29 is 14.3 Å². The van der Waals surface area contributed by atoms with Crippen LogP contribution in [0.25, 0.3) is 6.08 Å². The average molecular weight is 208 g/mol. The van der Waals surface area contributed by atoms with Gasteiger partial charge >= 0.3 is 5.97 Å². The molecule has 1 rings (SSSR count). The monoisotopic (exact) mass is 208 g/mol. The van der Waals surface area contributed by atoms with Gasteiger partial charge < -0.3 is 15.2 Å². The highest BCUT2D eigenvalue weighted by molar-refractivity contribution is 5.88. The number of rotatable bonds is 3. The molecule has 0 spiro atoms. The summed E-state index contributed by atoms with van der Waals surface area (Å²) in [5.74, 6) is 0.0587. The number of carbonyl (C=O) groups is 1. The number of nitrogen functional groups attached to an aromatic ring is 1. The van der Waals surface area contributed by atoms with Crippen LogP contribution in [-0.4, -0.2) is 25.2 Å². The van der Waals surface area contributed by atoms with Gasteiger partial charge in [0, 0.05) is 11.6 Å².